The number of urea groups is 1. The Labute approximate surface area is 134 Å². The fourth-order valence-corrected chi connectivity index (χ4v) is 3.00. The minimum Gasteiger partial charge on any atom is -0.454 e. The Morgan fingerprint density at radius 1 is 1.09 bits per heavy atom. The van der Waals surface area contributed by atoms with Crippen LogP contribution in [0.5, 0.6) is 11.5 Å². The van der Waals surface area contributed by atoms with E-state index in [0.29, 0.717) is 19.6 Å². The first kappa shape index (κ1) is 13.9. The van der Waals surface area contributed by atoms with Gasteiger partial charge >= 0.3 is 6.03 Å². The van der Waals surface area contributed by atoms with Crippen LogP contribution in [0.25, 0.3) is 0 Å². The molecule has 0 aliphatic carbocycles. The van der Waals surface area contributed by atoms with Gasteiger partial charge in [0.2, 0.25) is 6.79 Å². The number of carbonyl (C=O) groups excluding carboxylic acids is 1. The van der Waals surface area contributed by atoms with Crippen molar-refractivity contribution < 1.29 is 14.3 Å². The van der Waals surface area contributed by atoms with Gasteiger partial charge in [0, 0.05) is 19.6 Å². The Hall–Kier alpha value is -2.69. The summed E-state index contributed by atoms with van der Waals surface area (Å²) in [7, 11) is 0. The second kappa shape index (κ2) is 5.83. The zero-order valence-electron chi connectivity index (χ0n) is 12.7. The van der Waals surface area contributed by atoms with Crippen molar-refractivity contribution in [2.45, 2.75) is 19.5 Å². The van der Waals surface area contributed by atoms with Crippen LogP contribution in [0, 0.1) is 0 Å². The maximum Gasteiger partial charge on any atom is 0.317 e. The molecule has 0 saturated heterocycles. The molecule has 23 heavy (non-hydrogen) atoms. The molecule has 2 aromatic carbocycles. The molecule has 0 aromatic heterocycles. The molecular formula is C18H18N2O3. The summed E-state index contributed by atoms with van der Waals surface area (Å²) in [4.78, 5) is 14.2. The summed E-state index contributed by atoms with van der Waals surface area (Å²) in [5.74, 6) is 1.58. The molecule has 118 valence electrons. The first-order valence-electron chi connectivity index (χ1n) is 7.78. The third-order valence-electron chi connectivity index (χ3n) is 4.28. The van der Waals surface area contributed by atoms with Crippen molar-refractivity contribution in [1.82, 2.24) is 10.2 Å². The highest BCUT2D eigenvalue weighted by Gasteiger charge is 2.24. The van der Waals surface area contributed by atoms with Crippen LogP contribution in [-0.2, 0) is 19.5 Å². The standard InChI is InChI=1S/C18H18N2O3/c21-18(19-10-13-4-2-1-3-5-13)20-7-6-14-8-16-17(23-12-22-16)9-15(14)11-20/h1-5,8-9H,6-7,10-12H2,(H,19,21). The van der Waals surface area contributed by atoms with Crippen LogP contribution in [0.15, 0.2) is 42.5 Å². The largest absolute Gasteiger partial charge is 0.454 e. The van der Waals surface area contributed by atoms with Gasteiger partial charge in [0.25, 0.3) is 0 Å². The van der Waals surface area contributed by atoms with Gasteiger partial charge in [-0.05, 0) is 35.2 Å². The number of hydrogen-bond acceptors (Lipinski definition) is 3. The molecule has 4 rings (SSSR count). The maximum absolute atomic E-state index is 12.4. The van der Waals surface area contributed by atoms with Gasteiger partial charge in [-0.1, -0.05) is 30.3 Å². The molecular weight excluding hydrogens is 292 g/mol. The van der Waals surface area contributed by atoms with E-state index in [4.69, 9.17) is 9.47 Å². The molecule has 0 atom stereocenters. The SMILES string of the molecule is O=C(NCc1ccccc1)N1CCc2cc3c(cc2C1)OCO3. The van der Waals surface area contributed by atoms with Crippen LogP contribution >= 0.6 is 0 Å². The monoisotopic (exact) mass is 310 g/mol. The summed E-state index contributed by atoms with van der Waals surface area (Å²) >= 11 is 0. The predicted octanol–water partition coefficient (Wildman–Crippen LogP) is 2.68. The fraction of sp³-hybridized carbons (Fsp3) is 0.278. The average molecular weight is 310 g/mol. The molecule has 0 fully saturated rings. The highest BCUT2D eigenvalue weighted by molar-refractivity contribution is 5.74. The van der Waals surface area contributed by atoms with Crippen molar-refractivity contribution in [3.8, 4) is 11.5 Å². The van der Waals surface area contributed by atoms with Gasteiger partial charge in [-0.15, -0.1) is 0 Å². The summed E-state index contributed by atoms with van der Waals surface area (Å²) in [6.45, 7) is 2.14. The Kier molecular flexibility index (Phi) is 3.54. The summed E-state index contributed by atoms with van der Waals surface area (Å²) in [5, 5.41) is 2.98. The summed E-state index contributed by atoms with van der Waals surface area (Å²) in [5.41, 5.74) is 3.47. The lowest BCUT2D eigenvalue weighted by Crippen LogP contribution is -2.42. The molecule has 0 bridgehead atoms. The maximum atomic E-state index is 12.4. The molecule has 5 nitrogen and oxygen atoms in total. The lowest BCUT2D eigenvalue weighted by Gasteiger charge is -2.29. The minimum absolute atomic E-state index is 0.0304. The van der Waals surface area contributed by atoms with Crippen molar-refractivity contribution in [1.29, 1.82) is 0 Å². The van der Waals surface area contributed by atoms with E-state index in [-0.39, 0.29) is 12.8 Å². The van der Waals surface area contributed by atoms with E-state index in [1.807, 2.05) is 47.4 Å². The number of carbonyl (C=O) groups is 1. The predicted molar refractivity (Wildman–Crippen MR) is 85.4 cm³/mol. The lowest BCUT2D eigenvalue weighted by atomic mass is 9.99. The van der Waals surface area contributed by atoms with Crippen molar-refractivity contribution in [2.24, 2.45) is 0 Å². The quantitative estimate of drug-likeness (QED) is 0.928. The lowest BCUT2D eigenvalue weighted by molar-refractivity contribution is 0.174. The normalized spacial score (nSPS) is 15.2. The number of benzene rings is 2. The van der Waals surface area contributed by atoms with Crippen molar-refractivity contribution in [2.75, 3.05) is 13.3 Å². The highest BCUT2D eigenvalue weighted by atomic mass is 16.7. The molecule has 5 heteroatoms. The second-order valence-electron chi connectivity index (χ2n) is 5.79. The number of ether oxygens (including phenoxy) is 2. The molecule has 0 spiro atoms. The van der Waals surface area contributed by atoms with Gasteiger partial charge < -0.3 is 19.7 Å². The van der Waals surface area contributed by atoms with Gasteiger partial charge in [0.05, 0.1) is 0 Å². The smallest absolute Gasteiger partial charge is 0.317 e. The Morgan fingerprint density at radius 2 is 1.83 bits per heavy atom. The fourth-order valence-electron chi connectivity index (χ4n) is 3.00. The minimum atomic E-state index is -0.0304. The van der Waals surface area contributed by atoms with E-state index in [1.54, 1.807) is 0 Å². The van der Waals surface area contributed by atoms with Gasteiger partial charge in [-0.25, -0.2) is 4.79 Å². The van der Waals surface area contributed by atoms with E-state index in [9.17, 15) is 4.79 Å². The van der Waals surface area contributed by atoms with Gasteiger partial charge in [-0.3, -0.25) is 0 Å². The van der Waals surface area contributed by atoms with Crippen LogP contribution in [0.4, 0.5) is 4.79 Å². The van der Waals surface area contributed by atoms with Crippen LogP contribution in [0.1, 0.15) is 16.7 Å². The molecule has 2 aliphatic heterocycles. The molecule has 0 radical (unpaired) electrons. The first-order chi connectivity index (χ1) is 11.3. The number of rotatable bonds is 2. The van der Waals surface area contributed by atoms with Crippen LogP contribution in [-0.4, -0.2) is 24.3 Å². The van der Waals surface area contributed by atoms with E-state index >= 15 is 0 Å². The van der Waals surface area contributed by atoms with Crippen LogP contribution < -0.4 is 14.8 Å². The molecule has 2 amide bonds. The van der Waals surface area contributed by atoms with E-state index < -0.39 is 0 Å². The van der Waals surface area contributed by atoms with Gasteiger partial charge in [0.1, 0.15) is 0 Å². The zero-order chi connectivity index (χ0) is 15.6. The van der Waals surface area contributed by atoms with E-state index in [1.165, 1.54) is 5.56 Å². The highest BCUT2D eigenvalue weighted by Crippen LogP contribution is 2.36. The number of amides is 2. The van der Waals surface area contributed by atoms with Gasteiger partial charge in [-0.2, -0.15) is 0 Å². The Balaban J connectivity index is 1.42. The number of fused-ring (bicyclic) bond motifs is 2. The van der Waals surface area contributed by atoms with Crippen molar-refractivity contribution >= 4 is 6.03 Å². The molecule has 0 saturated carbocycles. The zero-order valence-corrected chi connectivity index (χ0v) is 12.7. The summed E-state index contributed by atoms with van der Waals surface area (Å²) in [6.07, 6.45) is 0.838. The van der Waals surface area contributed by atoms with Crippen LogP contribution in [0.2, 0.25) is 0 Å². The van der Waals surface area contributed by atoms with E-state index in [0.717, 1.165) is 29.0 Å². The molecule has 1 N–H and O–H groups in total. The average Bonchev–Trinajstić information content (AvgIpc) is 3.05. The van der Waals surface area contributed by atoms with Gasteiger partial charge in [0.15, 0.2) is 11.5 Å². The number of nitrogens with one attached hydrogen (secondary N) is 1. The third-order valence-corrected chi connectivity index (χ3v) is 4.28. The Morgan fingerprint density at radius 3 is 2.61 bits per heavy atom. The Bertz CT molecular complexity index is 731. The van der Waals surface area contributed by atoms with E-state index in [2.05, 4.69) is 5.32 Å². The van der Waals surface area contributed by atoms with Crippen molar-refractivity contribution in [3.63, 3.8) is 0 Å². The molecule has 2 heterocycles. The summed E-state index contributed by atoms with van der Waals surface area (Å²) in [6, 6.07) is 13.9. The number of hydrogen-bond donors (Lipinski definition) is 1. The molecule has 2 aliphatic rings. The first-order valence-corrected chi connectivity index (χ1v) is 7.78. The third kappa shape index (κ3) is 2.82. The van der Waals surface area contributed by atoms with Crippen molar-refractivity contribution in [3.05, 3.63) is 59.2 Å². The second-order valence-corrected chi connectivity index (χ2v) is 5.79. The molecule has 0 unspecified atom stereocenters. The summed E-state index contributed by atoms with van der Waals surface area (Å²) < 4.78 is 10.8. The topological polar surface area (TPSA) is 50.8 Å². The number of nitrogens with zero attached hydrogens (tertiary/aromatic N) is 1. The van der Waals surface area contributed by atoms with Crippen LogP contribution in [0.3, 0.4) is 0 Å². The molecule has 2 aromatic rings.